The molecule has 4 nitrogen and oxygen atoms in total. The summed E-state index contributed by atoms with van der Waals surface area (Å²) in [6.45, 7) is 2.05. The predicted molar refractivity (Wildman–Crippen MR) is 85.1 cm³/mol. The number of pyridine rings is 2. The highest BCUT2D eigenvalue weighted by Crippen LogP contribution is 2.31. The third-order valence-electron chi connectivity index (χ3n) is 3.74. The molecule has 0 unspecified atom stereocenters. The Hall–Kier alpha value is -2.88. The molecule has 0 bridgehead atoms. The summed E-state index contributed by atoms with van der Waals surface area (Å²) in [7, 11) is 0. The Labute approximate surface area is 121 Å². The summed E-state index contributed by atoms with van der Waals surface area (Å²) < 4.78 is 1.91. The first-order valence-corrected chi connectivity index (χ1v) is 6.81. The van der Waals surface area contributed by atoms with Crippen LogP contribution in [0.1, 0.15) is 5.56 Å². The minimum absolute atomic E-state index is 0.642. The zero-order valence-corrected chi connectivity index (χ0v) is 11.6. The first kappa shape index (κ1) is 11.9. The fourth-order valence-corrected chi connectivity index (χ4v) is 2.67. The van der Waals surface area contributed by atoms with E-state index in [0.717, 1.165) is 33.2 Å². The molecule has 21 heavy (non-hydrogen) atoms. The van der Waals surface area contributed by atoms with Gasteiger partial charge in [0.1, 0.15) is 17.2 Å². The van der Waals surface area contributed by atoms with Gasteiger partial charge in [-0.25, -0.2) is 4.98 Å². The molecule has 0 spiro atoms. The van der Waals surface area contributed by atoms with E-state index in [-0.39, 0.29) is 0 Å². The van der Waals surface area contributed by atoms with E-state index in [9.17, 15) is 0 Å². The minimum Gasteiger partial charge on any atom is -0.383 e. The molecule has 4 rings (SSSR count). The number of nitrogen functional groups attached to an aromatic ring is 1. The molecule has 0 fully saturated rings. The standard InChI is InChI=1S/C17H14N4/c1-11-6-7-21-15(8-11)20-16(17(21)18)14-10-19-9-12-4-2-3-5-13(12)14/h2-10H,18H2,1H3. The van der Waals surface area contributed by atoms with Gasteiger partial charge in [-0.05, 0) is 30.0 Å². The number of hydrogen-bond donors (Lipinski definition) is 1. The van der Waals surface area contributed by atoms with Gasteiger partial charge in [0.2, 0.25) is 0 Å². The number of fused-ring (bicyclic) bond motifs is 2. The number of nitrogens with two attached hydrogens (primary N) is 1. The summed E-state index contributed by atoms with van der Waals surface area (Å²) in [6.07, 6.45) is 5.64. The Balaban J connectivity index is 2.07. The Kier molecular flexibility index (Phi) is 2.44. The lowest BCUT2D eigenvalue weighted by molar-refractivity contribution is 1.18. The van der Waals surface area contributed by atoms with Gasteiger partial charge >= 0.3 is 0 Å². The minimum atomic E-state index is 0.642. The van der Waals surface area contributed by atoms with Gasteiger partial charge < -0.3 is 5.73 Å². The van der Waals surface area contributed by atoms with Gasteiger partial charge in [-0.3, -0.25) is 9.38 Å². The molecule has 0 amide bonds. The van der Waals surface area contributed by atoms with Crippen molar-refractivity contribution in [3.05, 3.63) is 60.6 Å². The summed E-state index contributed by atoms with van der Waals surface area (Å²) in [5.74, 6) is 0.642. The number of hydrogen-bond acceptors (Lipinski definition) is 3. The van der Waals surface area contributed by atoms with Crippen molar-refractivity contribution in [1.29, 1.82) is 0 Å². The van der Waals surface area contributed by atoms with Crippen molar-refractivity contribution in [2.45, 2.75) is 6.92 Å². The lowest BCUT2D eigenvalue weighted by Gasteiger charge is -2.04. The average Bonchev–Trinajstić information content (AvgIpc) is 2.83. The van der Waals surface area contributed by atoms with Crippen LogP contribution >= 0.6 is 0 Å². The number of nitrogens with zero attached hydrogens (tertiary/aromatic N) is 3. The number of rotatable bonds is 1. The Morgan fingerprint density at radius 1 is 1.10 bits per heavy atom. The average molecular weight is 274 g/mol. The summed E-state index contributed by atoms with van der Waals surface area (Å²) in [6, 6.07) is 12.2. The summed E-state index contributed by atoms with van der Waals surface area (Å²) in [5.41, 5.74) is 10.1. The van der Waals surface area contributed by atoms with Crippen molar-refractivity contribution in [2.24, 2.45) is 0 Å². The fraction of sp³-hybridized carbons (Fsp3) is 0.0588. The maximum atomic E-state index is 6.28. The van der Waals surface area contributed by atoms with Gasteiger partial charge in [-0.1, -0.05) is 24.3 Å². The summed E-state index contributed by atoms with van der Waals surface area (Å²) in [5, 5.41) is 2.20. The number of aryl methyl sites for hydroxylation is 1. The second-order valence-corrected chi connectivity index (χ2v) is 5.19. The molecule has 102 valence electrons. The predicted octanol–water partition coefficient (Wildman–Crippen LogP) is 3.44. The topological polar surface area (TPSA) is 56.2 Å². The maximum Gasteiger partial charge on any atom is 0.139 e. The fourth-order valence-electron chi connectivity index (χ4n) is 2.67. The first-order valence-electron chi connectivity index (χ1n) is 6.81. The van der Waals surface area contributed by atoms with E-state index in [1.54, 1.807) is 0 Å². The van der Waals surface area contributed by atoms with E-state index in [1.807, 2.05) is 60.2 Å². The molecule has 3 aromatic heterocycles. The Morgan fingerprint density at radius 3 is 2.86 bits per heavy atom. The van der Waals surface area contributed by atoms with E-state index in [1.165, 1.54) is 0 Å². The van der Waals surface area contributed by atoms with Crippen LogP contribution in [0.4, 0.5) is 5.82 Å². The van der Waals surface area contributed by atoms with Crippen molar-refractivity contribution >= 4 is 22.2 Å². The number of imidazole rings is 1. The van der Waals surface area contributed by atoms with Crippen molar-refractivity contribution in [2.75, 3.05) is 5.73 Å². The van der Waals surface area contributed by atoms with E-state index in [0.29, 0.717) is 5.82 Å². The smallest absolute Gasteiger partial charge is 0.139 e. The van der Waals surface area contributed by atoms with Gasteiger partial charge in [0.25, 0.3) is 0 Å². The zero-order valence-electron chi connectivity index (χ0n) is 11.6. The third kappa shape index (κ3) is 1.76. The van der Waals surface area contributed by atoms with Crippen LogP contribution in [0.2, 0.25) is 0 Å². The van der Waals surface area contributed by atoms with Crippen LogP contribution in [0, 0.1) is 6.92 Å². The molecule has 0 aliphatic carbocycles. The molecule has 1 aromatic carbocycles. The maximum absolute atomic E-state index is 6.28. The van der Waals surface area contributed by atoms with Gasteiger partial charge in [-0.15, -0.1) is 0 Å². The molecule has 0 saturated carbocycles. The van der Waals surface area contributed by atoms with E-state index in [2.05, 4.69) is 11.1 Å². The molecule has 0 saturated heterocycles. The summed E-state index contributed by atoms with van der Waals surface area (Å²) in [4.78, 5) is 9.00. The largest absolute Gasteiger partial charge is 0.383 e. The first-order chi connectivity index (χ1) is 10.2. The molecule has 0 aliphatic heterocycles. The molecule has 2 N–H and O–H groups in total. The normalized spacial score (nSPS) is 11.3. The second-order valence-electron chi connectivity index (χ2n) is 5.19. The highest BCUT2D eigenvalue weighted by Gasteiger charge is 2.14. The Morgan fingerprint density at radius 2 is 1.95 bits per heavy atom. The molecular formula is C17H14N4. The van der Waals surface area contributed by atoms with E-state index in [4.69, 9.17) is 10.7 Å². The van der Waals surface area contributed by atoms with Crippen molar-refractivity contribution in [1.82, 2.24) is 14.4 Å². The van der Waals surface area contributed by atoms with Crippen LogP contribution in [0.15, 0.2) is 55.0 Å². The molecule has 0 aliphatic rings. The lowest BCUT2D eigenvalue weighted by atomic mass is 10.1. The highest BCUT2D eigenvalue weighted by molar-refractivity contribution is 5.97. The van der Waals surface area contributed by atoms with Crippen LogP contribution in [-0.4, -0.2) is 14.4 Å². The number of benzene rings is 1. The van der Waals surface area contributed by atoms with Crippen molar-refractivity contribution in [3.8, 4) is 11.3 Å². The molecule has 0 radical (unpaired) electrons. The highest BCUT2D eigenvalue weighted by atomic mass is 15.1. The SMILES string of the molecule is Cc1ccn2c(N)c(-c3cncc4ccccc34)nc2c1. The number of anilines is 1. The molecule has 0 atom stereocenters. The van der Waals surface area contributed by atoms with Gasteiger partial charge in [-0.2, -0.15) is 0 Å². The third-order valence-corrected chi connectivity index (χ3v) is 3.74. The second kappa shape index (κ2) is 4.31. The van der Waals surface area contributed by atoms with Crippen LogP contribution in [0.3, 0.4) is 0 Å². The van der Waals surface area contributed by atoms with Crippen LogP contribution < -0.4 is 5.73 Å². The van der Waals surface area contributed by atoms with Gasteiger partial charge in [0.05, 0.1) is 0 Å². The van der Waals surface area contributed by atoms with Crippen molar-refractivity contribution in [3.63, 3.8) is 0 Å². The van der Waals surface area contributed by atoms with Crippen LogP contribution in [0.25, 0.3) is 27.7 Å². The van der Waals surface area contributed by atoms with Gasteiger partial charge in [0, 0.05) is 29.5 Å². The lowest BCUT2D eigenvalue weighted by Crippen LogP contribution is -1.94. The molecular weight excluding hydrogens is 260 g/mol. The van der Waals surface area contributed by atoms with Crippen LogP contribution in [-0.2, 0) is 0 Å². The molecule has 3 heterocycles. The zero-order chi connectivity index (χ0) is 14.4. The quantitative estimate of drug-likeness (QED) is 0.578. The van der Waals surface area contributed by atoms with E-state index >= 15 is 0 Å². The molecule has 4 heteroatoms. The molecule has 4 aromatic rings. The van der Waals surface area contributed by atoms with Crippen LogP contribution in [0.5, 0.6) is 0 Å². The Bertz CT molecular complexity index is 964. The number of aromatic nitrogens is 3. The monoisotopic (exact) mass is 274 g/mol. The summed E-state index contributed by atoms with van der Waals surface area (Å²) >= 11 is 0. The van der Waals surface area contributed by atoms with Gasteiger partial charge in [0.15, 0.2) is 0 Å². The van der Waals surface area contributed by atoms with E-state index < -0.39 is 0 Å². The van der Waals surface area contributed by atoms with Crippen molar-refractivity contribution < 1.29 is 0 Å².